The van der Waals surface area contributed by atoms with Gasteiger partial charge in [0.05, 0.1) is 18.1 Å². The van der Waals surface area contributed by atoms with Gasteiger partial charge in [0.1, 0.15) is 5.78 Å². The molecule has 1 amide bonds. The highest BCUT2D eigenvalue weighted by molar-refractivity contribution is 5.97. The van der Waals surface area contributed by atoms with Crippen LogP contribution >= 0.6 is 0 Å². The predicted molar refractivity (Wildman–Crippen MR) is 51.9 cm³/mol. The molecule has 2 atom stereocenters. The molecule has 0 spiro atoms. The minimum absolute atomic E-state index is 0.0124. The molecule has 0 aliphatic carbocycles. The van der Waals surface area contributed by atoms with Crippen molar-refractivity contribution < 1.29 is 14.3 Å². The van der Waals surface area contributed by atoms with Crippen molar-refractivity contribution in [1.29, 1.82) is 0 Å². The molecule has 2 unspecified atom stereocenters. The summed E-state index contributed by atoms with van der Waals surface area (Å²) >= 11 is 0. The second-order valence-electron chi connectivity index (χ2n) is 4.11. The van der Waals surface area contributed by atoms with E-state index in [4.69, 9.17) is 4.74 Å². The summed E-state index contributed by atoms with van der Waals surface area (Å²) in [5, 5.41) is 2.85. The van der Waals surface area contributed by atoms with Gasteiger partial charge in [0, 0.05) is 6.61 Å². The lowest BCUT2D eigenvalue weighted by Gasteiger charge is -2.28. The zero-order valence-electron chi connectivity index (χ0n) is 8.92. The van der Waals surface area contributed by atoms with E-state index in [9.17, 15) is 9.59 Å². The first-order chi connectivity index (χ1) is 6.44. The number of rotatable bonds is 3. The van der Waals surface area contributed by atoms with E-state index in [1.165, 1.54) is 6.92 Å². The van der Waals surface area contributed by atoms with Gasteiger partial charge >= 0.3 is 0 Å². The Kier molecular flexibility index (Phi) is 3.26. The number of carbonyl (C=O) groups is 2. The number of nitrogens with one attached hydrogen (secondary N) is 1. The molecule has 1 saturated heterocycles. The number of ketones is 1. The molecule has 0 saturated carbocycles. The van der Waals surface area contributed by atoms with Gasteiger partial charge in [0.15, 0.2) is 0 Å². The third-order valence-corrected chi connectivity index (χ3v) is 2.72. The second kappa shape index (κ2) is 4.09. The van der Waals surface area contributed by atoms with Crippen LogP contribution in [0.3, 0.4) is 0 Å². The lowest BCUT2D eigenvalue weighted by Crippen LogP contribution is -2.50. The number of Topliss-reactive ketones (excluding diaryl/α,β-unsaturated/α-hetero) is 1. The SMILES string of the molecule is CC(=O)CC(=O)NC1(C)CCOC1C. The van der Waals surface area contributed by atoms with Gasteiger partial charge in [-0.25, -0.2) is 0 Å². The van der Waals surface area contributed by atoms with E-state index in [-0.39, 0.29) is 29.8 Å². The first-order valence-electron chi connectivity index (χ1n) is 4.86. The summed E-state index contributed by atoms with van der Waals surface area (Å²) in [6, 6.07) is 0. The minimum Gasteiger partial charge on any atom is -0.376 e. The van der Waals surface area contributed by atoms with Gasteiger partial charge in [-0.15, -0.1) is 0 Å². The third kappa shape index (κ3) is 2.54. The van der Waals surface area contributed by atoms with E-state index >= 15 is 0 Å². The van der Waals surface area contributed by atoms with Gasteiger partial charge in [-0.2, -0.15) is 0 Å². The molecule has 0 aromatic carbocycles. The molecule has 1 rings (SSSR count). The Bertz CT molecular complexity index is 252. The maximum absolute atomic E-state index is 11.4. The number of hydrogen-bond acceptors (Lipinski definition) is 3. The van der Waals surface area contributed by atoms with Gasteiger partial charge in [-0.05, 0) is 27.2 Å². The zero-order chi connectivity index (χ0) is 10.8. The van der Waals surface area contributed by atoms with Crippen molar-refractivity contribution in [3.8, 4) is 0 Å². The molecule has 0 aromatic heterocycles. The molecular formula is C10H17NO3. The van der Waals surface area contributed by atoms with Gasteiger partial charge in [0.2, 0.25) is 5.91 Å². The molecular weight excluding hydrogens is 182 g/mol. The maximum Gasteiger partial charge on any atom is 0.227 e. The van der Waals surface area contributed by atoms with E-state index in [2.05, 4.69) is 5.32 Å². The first kappa shape index (κ1) is 11.2. The van der Waals surface area contributed by atoms with E-state index < -0.39 is 0 Å². The lowest BCUT2D eigenvalue weighted by molar-refractivity contribution is -0.128. The van der Waals surface area contributed by atoms with Gasteiger partial charge in [0.25, 0.3) is 0 Å². The number of carbonyl (C=O) groups excluding carboxylic acids is 2. The minimum atomic E-state index is -0.313. The molecule has 1 heterocycles. The van der Waals surface area contributed by atoms with Crippen molar-refractivity contribution >= 4 is 11.7 Å². The molecule has 4 heteroatoms. The average Bonchev–Trinajstić information content (AvgIpc) is 2.29. The third-order valence-electron chi connectivity index (χ3n) is 2.72. The smallest absolute Gasteiger partial charge is 0.227 e. The van der Waals surface area contributed by atoms with Gasteiger partial charge < -0.3 is 10.1 Å². The van der Waals surface area contributed by atoms with E-state index in [1.54, 1.807) is 0 Å². The Morgan fingerprint density at radius 3 is 2.64 bits per heavy atom. The Hall–Kier alpha value is -0.900. The van der Waals surface area contributed by atoms with Crippen LogP contribution in [-0.4, -0.2) is 29.9 Å². The van der Waals surface area contributed by atoms with Crippen molar-refractivity contribution in [3.05, 3.63) is 0 Å². The highest BCUT2D eigenvalue weighted by atomic mass is 16.5. The second-order valence-corrected chi connectivity index (χ2v) is 4.11. The number of hydrogen-bond donors (Lipinski definition) is 1. The average molecular weight is 199 g/mol. The molecule has 1 fully saturated rings. The maximum atomic E-state index is 11.4. The zero-order valence-corrected chi connectivity index (χ0v) is 8.92. The van der Waals surface area contributed by atoms with E-state index in [1.807, 2.05) is 13.8 Å². The molecule has 1 N–H and O–H groups in total. The van der Waals surface area contributed by atoms with Gasteiger partial charge in [-0.3, -0.25) is 9.59 Å². The van der Waals surface area contributed by atoms with Crippen LogP contribution in [0.5, 0.6) is 0 Å². The first-order valence-corrected chi connectivity index (χ1v) is 4.86. The van der Waals surface area contributed by atoms with Crippen LogP contribution in [0.15, 0.2) is 0 Å². The molecule has 0 bridgehead atoms. The van der Waals surface area contributed by atoms with E-state index in [0.717, 1.165) is 6.42 Å². The van der Waals surface area contributed by atoms with Crippen LogP contribution in [0.25, 0.3) is 0 Å². The molecule has 1 aliphatic rings. The fourth-order valence-electron chi connectivity index (χ4n) is 1.59. The van der Waals surface area contributed by atoms with Crippen LogP contribution < -0.4 is 5.32 Å². The summed E-state index contributed by atoms with van der Waals surface area (Å²) in [4.78, 5) is 22.1. The largest absolute Gasteiger partial charge is 0.376 e. The predicted octanol–water partition coefficient (Wildman–Crippen LogP) is 0.649. The lowest BCUT2D eigenvalue weighted by atomic mass is 9.94. The Labute approximate surface area is 84.0 Å². The van der Waals surface area contributed by atoms with Crippen molar-refractivity contribution in [2.45, 2.75) is 45.3 Å². The molecule has 1 aliphatic heterocycles. The van der Waals surface area contributed by atoms with Crippen LogP contribution in [-0.2, 0) is 14.3 Å². The Morgan fingerprint density at radius 1 is 1.57 bits per heavy atom. The fourth-order valence-corrected chi connectivity index (χ4v) is 1.59. The molecule has 80 valence electrons. The van der Waals surface area contributed by atoms with Crippen molar-refractivity contribution in [2.75, 3.05) is 6.61 Å². The van der Waals surface area contributed by atoms with Gasteiger partial charge in [-0.1, -0.05) is 0 Å². The highest BCUT2D eigenvalue weighted by Crippen LogP contribution is 2.24. The van der Waals surface area contributed by atoms with Crippen molar-refractivity contribution in [3.63, 3.8) is 0 Å². The normalized spacial score (nSPS) is 31.5. The topological polar surface area (TPSA) is 55.4 Å². The van der Waals surface area contributed by atoms with E-state index in [0.29, 0.717) is 6.61 Å². The molecule has 14 heavy (non-hydrogen) atoms. The monoisotopic (exact) mass is 199 g/mol. The van der Waals surface area contributed by atoms with Crippen molar-refractivity contribution in [2.24, 2.45) is 0 Å². The summed E-state index contributed by atoms with van der Waals surface area (Å²) in [7, 11) is 0. The summed E-state index contributed by atoms with van der Waals surface area (Å²) in [5.41, 5.74) is -0.313. The fraction of sp³-hybridized carbons (Fsp3) is 0.800. The summed E-state index contributed by atoms with van der Waals surface area (Å²) in [6.45, 7) is 5.96. The quantitative estimate of drug-likeness (QED) is 0.679. The van der Waals surface area contributed by atoms with Crippen LogP contribution in [0, 0.1) is 0 Å². The van der Waals surface area contributed by atoms with Crippen LogP contribution in [0.4, 0.5) is 0 Å². The molecule has 0 radical (unpaired) electrons. The standard InChI is InChI=1S/C10H17NO3/c1-7(12)6-9(13)11-10(3)4-5-14-8(10)2/h8H,4-6H2,1-3H3,(H,11,13). The van der Waals surface area contributed by atoms with Crippen LogP contribution in [0.1, 0.15) is 33.6 Å². The molecule has 0 aromatic rings. The number of ether oxygens (including phenoxy) is 1. The summed E-state index contributed by atoms with van der Waals surface area (Å²) < 4.78 is 5.37. The van der Waals surface area contributed by atoms with Crippen LogP contribution in [0.2, 0.25) is 0 Å². The summed E-state index contributed by atoms with van der Waals surface area (Å²) in [6.07, 6.45) is 0.776. The summed E-state index contributed by atoms with van der Waals surface area (Å²) in [5.74, 6) is -0.324. The molecule has 4 nitrogen and oxygen atoms in total. The number of amides is 1. The van der Waals surface area contributed by atoms with Crippen molar-refractivity contribution in [1.82, 2.24) is 5.32 Å². The Morgan fingerprint density at radius 2 is 2.21 bits per heavy atom. The highest BCUT2D eigenvalue weighted by Gasteiger charge is 2.38. The Balaban J connectivity index is 2.50.